The van der Waals surface area contributed by atoms with Crippen LogP contribution in [0.1, 0.15) is 24.8 Å². The van der Waals surface area contributed by atoms with Crippen LogP contribution in [0.2, 0.25) is 0 Å². The van der Waals surface area contributed by atoms with Crippen molar-refractivity contribution in [3.63, 3.8) is 0 Å². The van der Waals surface area contributed by atoms with Crippen LogP contribution in [0.3, 0.4) is 0 Å². The van der Waals surface area contributed by atoms with Gasteiger partial charge >= 0.3 is 0 Å². The van der Waals surface area contributed by atoms with Crippen molar-refractivity contribution in [2.24, 2.45) is 0 Å². The predicted octanol–water partition coefficient (Wildman–Crippen LogP) is 1.18. The number of nitrogens with zero attached hydrogens (tertiary/aromatic N) is 1. The maximum atomic E-state index is 12.2. The number of carbonyl (C=O) groups excluding carboxylic acids is 1. The molecule has 1 saturated heterocycles. The molecule has 1 aromatic rings. The minimum absolute atomic E-state index is 0.00712. The number of hydrogen-bond acceptors (Lipinski definition) is 3. The minimum Gasteiger partial charge on any atom is -0.399 e. The van der Waals surface area contributed by atoms with Gasteiger partial charge in [0.2, 0.25) is 5.91 Å². The highest BCUT2D eigenvalue weighted by Gasteiger charge is 2.25. The second-order valence-corrected chi connectivity index (χ2v) is 4.84. The monoisotopic (exact) mass is 248 g/mol. The minimum atomic E-state index is -0.00712. The van der Waals surface area contributed by atoms with Gasteiger partial charge in [0, 0.05) is 12.2 Å². The van der Waals surface area contributed by atoms with E-state index in [9.17, 15) is 9.90 Å². The molecule has 3 N–H and O–H groups in total. The van der Waals surface area contributed by atoms with E-state index in [0.29, 0.717) is 12.1 Å². The van der Waals surface area contributed by atoms with Gasteiger partial charge in [0.15, 0.2) is 0 Å². The second-order valence-electron chi connectivity index (χ2n) is 4.84. The standard InChI is InChI=1S/C14H20N2O2/c15-12-5-3-4-11(8-12)9-14(18)16-7-2-1-6-13(16)10-17/h3-5,8,13,17H,1-2,6-7,9-10,15H2. The zero-order chi connectivity index (χ0) is 13.0. The van der Waals surface area contributed by atoms with Crippen molar-refractivity contribution in [2.75, 3.05) is 18.9 Å². The van der Waals surface area contributed by atoms with Crippen LogP contribution in [0.4, 0.5) is 5.69 Å². The third-order valence-electron chi connectivity index (χ3n) is 3.46. The Bertz CT molecular complexity index is 420. The van der Waals surface area contributed by atoms with E-state index in [1.54, 1.807) is 0 Å². The summed E-state index contributed by atoms with van der Waals surface area (Å²) in [5.41, 5.74) is 7.31. The van der Waals surface area contributed by atoms with Crippen LogP contribution in [-0.4, -0.2) is 35.1 Å². The number of benzene rings is 1. The molecular weight excluding hydrogens is 228 g/mol. The van der Waals surface area contributed by atoms with Crippen LogP contribution < -0.4 is 5.73 Å². The molecule has 0 aromatic heterocycles. The summed E-state index contributed by atoms with van der Waals surface area (Å²) in [6.45, 7) is 0.815. The van der Waals surface area contributed by atoms with Gasteiger partial charge in [0.1, 0.15) is 0 Å². The molecule has 0 radical (unpaired) electrons. The number of anilines is 1. The first-order valence-corrected chi connectivity index (χ1v) is 6.45. The molecule has 1 fully saturated rings. The lowest BCUT2D eigenvalue weighted by molar-refractivity contribution is -0.135. The fourth-order valence-electron chi connectivity index (χ4n) is 2.50. The van der Waals surface area contributed by atoms with Crippen molar-refractivity contribution >= 4 is 11.6 Å². The molecule has 1 aliphatic heterocycles. The number of nitrogen functional groups attached to an aromatic ring is 1. The SMILES string of the molecule is Nc1cccc(CC(=O)N2CCCCC2CO)c1. The first-order chi connectivity index (χ1) is 8.70. The molecule has 0 aliphatic carbocycles. The van der Waals surface area contributed by atoms with Gasteiger partial charge in [-0.05, 0) is 37.0 Å². The highest BCUT2D eigenvalue weighted by atomic mass is 16.3. The van der Waals surface area contributed by atoms with Crippen molar-refractivity contribution in [3.8, 4) is 0 Å². The highest BCUT2D eigenvalue weighted by Crippen LogP contribution is 2.18. The summed E-state index contributed by atoms with van der Waals surface area (Å²) >= 11 is 0. The molecule has 0 saturated carbocycles. The Morgan fingerprint density at radius 2 is 2.28 bits per heavy atom. The van der Waals surface area contributed by atoms with Crippen LogP contribution in [0, 0.1) is 0 Å². The van der Waals surface area contributed by atoms with Crippen LogP contribution >= 0.6 is 0 Å². The quantitative estimate of drug-likeness (QED) is 0.789. The summed E-state index contributed by atoms with van der Waals surface area (Å²) < 4.78 is 0. The molecule has 0 bridgehead atoms. The molecule has 0 spiro atoms. The Hall–Kier alpha value is -1.55. The van der Waals surface area contributed by atoms with Crippen molar-refractivity contribution in [1.29, 1.82) is 0 Å². The van der Waals surface area contributed by atoms with Gasteiger partial charge in [-0.15, -0.1) is 0 Å². The van der Waals surface area contributed by atoms with Crippen LogP contribution in [0.15, 0.2) is 24.3 Å². The number of rotatable bonds is 3. The summed E-state index contributed by atoms with van der Waals surface area (Å²) in [5, 5.41) is 9.31. The number of nitrogens with two attached hydrogens (primary N) is 1. The molecule has 1 unspecified atom stereocenters. The van der Waals surface area contributed by atoms with E-state index < -0.39 is 0 Å². The number of likely N-dealkylation sites (tertiary alicyclic amines) is 1. The Labute approximate surface area is 107 Å². The maximum Gasteiger partial charge on any atom is 0.227 e. The summed E-state index contributed by atoms with van der Waals surface area (Å²) in [6, 6.07) is 7.40. The van der Waals surface area contributed by atoms with Crippen molar-refractivity contribution in [1.82, 2.24) is 4.90 Å². The fourth-order valence-corrected chi connectivity index (χ4v) is 2.50. The van der Waals surface area contributed by atoms with Gasteiger partial charge in [-0.2, -0.15) is 0 Å². The van der Waals surface area contributed by atoms with E-state index >= 15 is 0 Å². The molecule has 98 valence electrons. The van der Waals surface area contributed by atoms with Crippen molar-refractivity contribution in [3.05, 3.63) is 29.8 Å². The predicted molar refractivity (Wildman–Crippen MR) is 71.0 cm³/mol. The van der Waals surface area contributed by atoms with E-state index in [0.717, 1.165) is 31.4 Å². The zero-order valence-corrected chi connectivity index (χ0v) is 10.5. The van der Waals surface area contributed by atoms with E-state index in [-0.39, 0.29) is 18.6 Å². The lowest BCUT2D eigenvalue weighted by Gasteiger charge is -2.34. The van der Waals surface area contributed by atoms with Crippen molar-refractivity contribution < 1.29 is 9.90 Å². The number of hydrogen-bond donors (Lipinski definition) is 2. The lowest BCUT2D eigenvalue weighted by atomic mass is 10.0. The third kappa shape index (κ3) is 3.01. The fraction of sp³-hybridized carbons (Fsp3) is 0.500. The molecule has 1 amide bonds. The van der Waals surface area contributed by atoms with Crippen LogP contribution in [0.5, 0.6) is 0 Å². The Morgan fingerprint density at radius 1 is 1.44 bits per heavy atom. The molecule has 1 aliphatic rings. The Kier molecular flexibility index (Phi) is 4.20. The smallest absolute Gasteiger partial charge is 0.227 e. The van der Waals surface area contributed by atoms with Gasteiger partial charge in [-0.1, -0.05) is 12.1 Å². The Morgan fingerprint density at radius 3 is 3.00 bits per heavy atom. The van der Waals surface area contributed by atoms with Crippen LogP contribution in [-0.2, 0) is 11.2 Å². The number of amides is 1. The second kappa shape index (κ2) is 5.87. The maximum absolute atomic E-state index is 12.2. The molecule has 1 heterocycles. The van der Waals surface area contributed by atoms with Gasteiger partial charge in [-0.3, -0.25) is 4.79 Å². The first-order valence-electron chi connectivity index (χ1n) is 6.45. The molecule has 4 heteroatoms. The van der Waals surface area contributed by atoms with Crippen LogP contribution in [0.25, 0.3) is 0 Å². The largest absolute Gasteiger partial charge is 0.399 e. The number of aliphatic hydroxyl groups excluding tert-OH is 1. The van der Waals surface area contributed by atoms with E-state index in [1.165, 1.54) is 0 Å². The van der Waals surface area contributed by atoms with Gasteiger partial charge in [0.25, 0.3) is 0 Å². The summed E-state index contributed by atoms with van der Waals surface area (Å²) in [7, 11) is 0. The molecule has 1 aromatic carbocycles. The average molecular weight is 248 g/mol. The third-order valence-corrected chi connectivity index (χ3v) is 3.46. The number of aliphatic hydroxyl groups is 1. The number of piperidine rings is 1. The zero-order valence-electron chi connectivity index (χ0n) is 10.5. The number of carbonyl (C=O) groups is 1. The molecule has 1 atom stereocenters. The topological polar surface area (TPSA) is 66.6 Å². The molecule has 2 rings (SSSR count). The van der Waals surface area contributed by atoms with Gasteiger partial charge in [0.05, 0.1) is 19.1 Å². The van der Waals surface area contributed by atoms with E-state index in [1.807, 2.05) is 29.2 Å². The molecule has 4 nitrogen and oxygen atoms in total. The summed E-state index contributed by atoms with van der Waals surface area (Å²) in [5.74, 6) is 0.0827. The van der Waals surface area contributed by atoms with Gasteiger partial charge < -0.3 is 15.7 Å². The molecular formula is C14H20N2O2. The summed E-state index contributed by atoms with van der Waals surface area (Å²) in [4.78, 5) is 14.0. The summed E-state index contributed by atoms with van der Waals surface area (Å²) in [6.07, 6.45) is 3.38. The highest BCUT2D eigenvalue weighted by molar-refractivity contribution is 5.79. The normalized spacial score (nSPS) is 19.8. The van der Waals surface area contributed by atoms with Crippen molar-refractivity contribution in [2.45, 2.75) is 31.7 Å². The lowest BCUT2D eigenvalue weighted by Crippen LogP contribution is -2.46. The molecule has 18 heavy (non-hydrogen) atoms. The average Bonchev–Trinajstić information content (AvgIpc) is 2.38. The first kappa shape index (κ1) is 12.9. The van der Waals surface area contributed by atoms with E-state index in [2.05, 4.69) is 0 Å². The van der Waals surface area contributed by atoms with Gasteiger partial charge in [-0.25, -0.2) is 0 Å². The Balaban J connectivity index is 2.02. The van der Waals surface area contributed by atoms with E-state index in [4.69, 9.17) is 5.73 Å².